The van der Waals surface area contributed by atoms with E-state index in [1.165, 1.54) is 6.92 Å². The minimum absolute atomic E-state index is 0.105. The molecule has 0 bridgehead atoms. The average Bonchev–Trinajstić information content (AvgIpc) is 2.92. The van der Waals surface area contributed by atoms with Crippen LogP contribution in [0.15, 0.2) is 16.7 Å². The number of benzene rings is 1. The number of hydrogen-bond acceptors (Lipinski definition) is 6. The van der Waals surface area contributed by atoms with Gasteiger partial charge in [-0.3, -0.25) is 4.79 Å². The van der Waals surface area contributed by atoms with Gasteiger partial charge in [-0.05, 0) is 12.5 Å². The van der Waals surface area contributed by atoms with Gasteiger partial charge >= 0.3 is 0 Å². The Hall–Kier alpha value is -2.12. The number of amides is 1. The zero-order valence-corrected chi connectivity index (χ0v) is 15.3. The maximum atomic E-state index is 11.5. The van der Waals surface area contributed by atoms with Gasteiger partial charge in [-0.2, -0.15) is 0 Å². The van der Waals surface area contributed by atoms with Crippen molar-refractivity contribution in [1.29, 1.82) is 0 Å². The first-order chi connectivity index (χ1) is 11.9. The number of aliphatic hydroxyl groups is 1. The smallest absolute Gasteiger partial charge is 0.221 e. The number of nitrogens with one attached hydrogen (secondary N) is 2. The number of rotatable bonds is 9. The van der Waals surface area contributed by atoms with Crippen LogP contribution in [-0.4, -0.2) is 41.5 Å². The highest BCUT2D eigenvalue weighted by molar-refractivity contribution is 5.95. The van der Waals surface area contributed by atoms with Crippen molar-refractivity contribution in [2.24, 2.45) is 0 Å². The quantitative estimate of drug-likeness (QED) is 0.643. The van der Waals surface area contributed by atoms with Gasteiger partial charge in [0, 0.05) is 31.0 Å². The van der Waals surface area contributed by atoms with Crippen LogP contribution in [0.5, 0.6) is 5.75 Å². The van der Waals surface area contributed by atoms with Crippen molar-refractivity contribution in [2.45, 2.75) is 52.7 Å². The van der Waals surface area contributed by atoms with Crippen LogP contribution in [0.3, 0.4) is 0 Å². The zero-order valence-electron chi connectivity index (χ0n) is 15.3. The summed E-state index contributed by atoms with van der Waals surface area (Å²) in [5.74, 6) is 0.255. The van der Waals surface area contributed by atoms with E-state index in [-0.39, 0.29) is 18.6 Å². The lowest BCUT2D eigenvalue weighted by molar-refractivity contribution is -0.114. The van der Waals surface area contributed by atoms with Crippen LogP contribution >= 0.6 is 0 Å². The molecule has 2 aromatic rings. The molecule has 25 heavy (non-hydrogen) atoms. The number of aryl methyl sites for hydroxylation is 1. The molecule has 1 atom stereocenters. The molecule has 7 nitrogen and oxygen atoms in total. The highest BCUT2D eigenvalue weighted by Gasteiger charge is 2.15. The Bertz CT molecular complexity index is 712. The van der Waals surface area contributed by atoms with E-state index in [9.17, 15) is 9.90 Å². The molecule has 1 unspecified atom stereocenters. The van der Waals surface area contributed by atoms with E-state index in [0.717, 1.165) is 23.9 Å². The Labute approximate surface area is 147 Å². The maximum Gasteiger partial charge on any atom is 0.221 e. The number of hydrogen-bond donors (Lipinski definition) is 3. The first-order valence-electron chi connectivity index (χ1n) is 8.64. The molecule has 1 heterocycles. The number of anilines is 1. The molecule has 0 fully saturated rings. The maximum absolute atomic E-state index is 11.5. The second-order valence-electron chi connectivity index (χ2n) is 6.43. The second-order valence-corrected chi connectivity index (χ2v) is 6.43. The van der Waals surface area contributed by atoms with Crippen molar-refractivity contribution in [3.05, 3.63) is 17.8 Å². The lowest BCUT2D eigenvalue weighted by Crippen LogP contribution is -2.35. The molecule has 0 aliphatic heterocycles. The van der Waals surface area contributed by atoms with E-state index in [2.05, 4.69) is 22.7 Å². The van der Waals surface area contributed by atoms with Crippen LogP contribution < -0.4 is 15.4 Å². The fourth-order valence-electron chi connectivity index (χ4n) is 2.46. The number of aromatic nitrogens is 1. The summed E-state index contributed by atoms with van der Waals surface area (Å²) in [6.45, 7) is 8.06. The van der Waals surface area contributed by atoms with Crippen molar-refractivity contribution < 1.29 is 19.2 Å². The topological polar surface area (TPSA) is 96.6 Å². The van der Waals surface area contributed by atoms with Gasteiger partial charge in [0.15, 0.2) is 5.58 Å². The molecular weight excluding hydrogens is 322 g/mol. The molecule has 0 aliphatic carbocycles. The van der Waals surface area contributed by atoms with Gasteiger partial charge in [-0.15, -0.1) is 0 Å². The molecule has 0 radical (unpaired) electrons. The average molecular weight is 349 g/mol. The van der Waals surface area contributed by atoms with Gasteiger partial charge in [-0.25, -0.2) is 0 Å². The predicted octanol–water partition coefficient (Wildman–Crippen LogP) is 2.48. The van der Waals surface area contributed by atoms with Crippen LogP contribution in [0.25, 0.3) is 11.0 Å². The first kappa shape index (κ1) is 19.2. The highest BCUT2D eigenvalue weighted by Crippen LogP contribution is 2.32. The molecule has 0 aliphatic rings. The van der Waals surface area contributed by atoms with Crippen molar-refractivity contribution in [2.75, 3.05) is 18.5 Å². The second kappa shape index (κ2) is 8.82. The SMILES string of the molecule is CCCc1noc2cc(OCC(O)CNC(C)C)c(NC(C)=O)cc12. The number of carbonyl (C=O) groups is 1. The fourth-order valence-corrected chi connectivity index (χ4v) is 2.46. The Morgan fingerprint density at radius 1 is 1.40 bits per heavy atom. The van der Waals surface area contributed by atoms with Crippen molar-refractivity contribution in [1.82, 2.24) is 10.5 Å². The van der Waals surface area contributed by atoms with Crippen molar-refractivity contribution >= 4 is 22.6 Å². The number of aliphatic hydroxyl groups excluding tert-OH is 1. The lowest BCUT2D eigenvalue weighted by Gasteiger charge is -2.17. The summed E-state index contributed by atoms with van der Waals surface area (Å²) in [6.07, 6.45) is 1.09. The Balaban J connectivity index is 2.20. The van der Waals surface area contributed by atoms with Crippen LogP contribution in [0.1, 0.15) is 39.8 Å². The molecule has 138 valence electrons. The number of fused-ring (bicyclic) bond motifs is 1. The van der Waals surface area contributed by atoms with Gasteiger partial charge in [-0.1, -0.05) is 32.3 Å². The van der Waals surface area contributed by atoms with Crippen LogP contribution in [0.2, 0.25) is 0 Å². The standard InChI is InChI=1S/C18H27N3O4/c1-5-6-15-14-7-16(20-12(4)22)18(8-17(14)25-21-15)24-10-13(23)9-19-11(2)3/h7-8,11,13,19,23H,5-6,9-10H2,1-4H3,(H,20,22). The third-order valence-corrected chi connectivity index (χ3v) is 3.64. The van der Waals surface area contributed by atoms with E-state index in [4.69, 9.17) is 9.26 Å². The minimum Gasteiger partial charge on any atom is -0.489 e. The molecule has 0 saturated carbocycles. The van der Waals surface area contributed by atoms with Gasteiger partial charge in [0.1, 0.15) is 18.5 Å². The molecule has 0 saturated heterocycles. The molecule has 7 heteroatoms. The van der Waals surface area contributed by atoms with Crippen LogP contribution in [0, 0.1) is 0 Å². The van der Waals surface area contributed by atoms with Crippen molar-refractivity contribution in [3.8, 4) is 5.75 Å². The van der Waals surface area contributed by atoms with Crippen molar-refractivity contribution in [3.63, 3.8) is 0 Å². The normalized spacial score (nSPS) is 12.6. The molecule has 1 aromatic carbocycles. The van der Waals surface area contributed by atoms with E-state index < -0.39 is 6.10 Å². The summed E-state index contributed by atoms with van der Waals surface area (Å²) in [5.41, 5.74) is 2.00. The van der Waals surface area contributed by atoms with E-state index in [0.29, 0.717) is 23.6 Å². The lowest BCUT2D eigenvalue weighted by atomic mass is 10.1. The molecule has 3 N–H and O–H groups in total. The third kappa shape index (κ3) is 5.44. The van der Waals surface area contributed by atoms with Crippen LogP contribution in [0.4, 0.5) is 5.69 Å². The van der Waals surface area contributed by atoms with E-state index >= 15 is 0 Å². The molecular formula is C18H27N3O4. The summed E-state index contributed by atoms with van der Waals surface area (Å²) < 4.78 is 11.1. The minimum atomic E-state index is -0.659. The van der Waals surface area contributed by atoms with E-state index in [1.807, 2.05) is 19.9 Å². The Kier molecular flexibility index (Phi) is 6.78. The Morgan fingerprint density at radius 2 is 2.16 bits per heavy atom. The summed E-state index contributed by atoms with van der Waals surface area (Å²) >= 11 is 0. The molecule has 1 aromatic heterocycles. The Morgan fingerprint density at radius 3 is 2.80 bits per heavy atom. The van der Waals surface area contributed by atoms with Crippen LogP contribution in [-0.2, 0) is 11.2 Å². The highest BCUT2D eigenvalue weighted by atomic mass is 16.5. The number of ether oxygens (including phenoxy) is 1. The molecule has 2 rings (SSSR count). The van der Waals surface area contributed by atoms with Gasteiger partial charge in [0.2, 0.25) is 5.91 Å². The van der Waals surface area contributed by atoms with Gasteiger partial charge in [0.25, 0.3) is 0 Å². The summed E-state index contributed by atoms with van der Waals surface area (Å²) in [4.78, 5) is 11.5. The summed E-state index contributed by atoms with van der Waals surface area (Å²) in [7, 11) is 0. The number of nitrogens with zero attached hydrogens (tertiary/aromatic N) is 1. The largest absolute Gasteiger partial charge is 0.489 e. The molecule has 0 spiro atoms. The molecule has 1 amide bonds. The summed E-state index contributed by atoms with van der Waals surface area (Å²) in [5, 5.41) is 20.9. The third-order valence-electron chi connectivity index (χ3n) is 3.64. The zero-order chi connectivity index (χ0) is 18.4. The number of carbonyl (C=O) groups excluding carboxylic acids is 1. The van der Waals surface area contributed by atoms with E-state index in [1.54, 1.807) is 6.07 Å². The first-order valence-corrected chi connectivity index (χ1v) is 8.64. The monoisotopic (exact) mass is 349 g/mol. The summed E-state index contributed by atoms with van der Waals surface area (Å²) in [6, 6.07) is 3.80. The van der Waals surface area contributed by atoms with Gasteiger partial charge in [0.05, 0.1) is 11.4 Å². The predicted molar refractivity (Wildman–Crippen MR) is 96.9 cm³/mol. The fraction of sp³-hybridized carbons (Fsp3) is 0.556. The van der Waals surface area contributed by atoms with Gasteiger partial charge < -0.3 is 25.0 Å².